The quantitative estimate of drug-likeness (QED) is 0.747. The third kappa shape index (κ3) is 3.88. The van der Waals surface area contributed by atoms with Gasteiger partial charge < -0.3 is 15.2 Å². The van der Waals surface area contributed by atoms with Gasteiger partial charge in [0.2, 0.25) is 11.8 Å². The first-order chi connectivity index (χ1) is 10.1. The minimum absolute atomic E-state index is 0.0636. The minimum Gasteiger partial charge on any atom is -0.352 e. The van der Waals surface area contributed by atoms with E-state index >= 15 is 0 Å². The molecule has 0 saturated heterocycles. The Labute approximate surface area is 120 Å². The van der Waals surface area contributed by atoms with Crippen LogP contribution >= 0.6 is 0 Å². The minimum atomic E-state index is -0.441. The number of aromatic nitrogens is 4. The van der Waals surface area contributed by atoms with Gasteiger partial charge in [0.25, 0.3) is 11.7 Å². The molecule has 9 heteroatoms. The van der Waals surface area contributed by atoms with E-state index in [4.69, 9.17) is 4.52 Å². The number of carbonyl (C=O) groups is 2. The molecule has 2 aromatic heterocycles. The fraction of sp³-hybridized carbons (Fsp3) is 0.417. The molecule has 0 bridgehead atoms. The molecule has 0 aliphatic heterocycles. The highest BCUT2D eigenvalue weighted by Gasteiger charge is 2.16. The number of amides is 2. The molecule has 2 amide bonds. The lowest BCUT2D eigenvalue weighted by Crippen LogP contribution is -2.31. The van der Waals surface area contributed by atoms with Crippen LogP contribution in [0, 0.1) is 5.92 Å². The lowest BCUT2D eigenvalue weighted by Gasteiger charge is -2.10. The number of carbonyl (C=O) groups excluding carboxylic acids is 2. The van der Waals surface area contributed by atoms with Gasteiger partial charge in [-0.3, -0.25) is 14.3 Å². The van der Waals surface area contributed by atoms with Crippen molar-refractivity contribution in [2.75, 3.05) is 7.05 Å². The zero-order chi connectivity index (χ0) is 15.2. The van der Waals surface area contributed by atoms with E-state index in [1.54, 1.807) is 30.1 Å². The molecular formula is C12H16N6O3. The topological polar surface area (TPSA) is 115 Å². The highest BCUT2D eigenvalue weighted by molar-refractivity contribution is 5.89. The van der Waals surface area contributed by atoms with Crippen molar-refractivity contribution in [1.82, 2.24) is 30.6 Å². The van der Waals surface area contributed by atoms with Gasteiger partial charge in [-0.05, 0) is 6.07 Å². The maximum Gasteiger partial charge on any atom is 0.292 e. The second kappa shape index (κ2) is 6.64. The van der Waals surface area contributed by atoms with Gasteiger partial charge in [0, 0.05) is 19.4 Å². The van der Waals surface area contributed by atoms with E-state index in [1.807, 2.05) is 0 Å². The molecule has 9 nitrogen and oxygen atoms in total. The summed E-state index contributed by atoms with van der Waals surface area (Å²) in [5, 5.41) is 12.6. The first-order valence-electron chi connectivity index (χ1n) is 6.40. The molecule has 0 aliphatic carbocycles. The highest BCUT2D eigenvalue weighted by atomic mass is 16.5. The summed E-state index contributed by atoms with van der Waals surface area (Å²) in [6.45, 7) is 2.35. The number of hydrogen-bond donors (Lipinski definition) is 2. The SMILES string of the molecule is CNC(=O)c1noc(CNC(=O)[C@@H](C)Cn2cccn2)n1. The van der Waals surface area contributed by atoms with Crippen LogP contribution in [-0.4, -0.2) is 38.8 Å². The average molecular weight is 292 g/mol. The summed E-state index contributed by atoms with van der Waals surface area (Å²) in [7, 11) is 1.47. The molecule has 21 heavy (non-hydrogen) atoms. The van der Waals surface area contributed by atoms with Gasteiger partial charge in [-0.2, -0.15) is 10.1 Å². The summed E-state index contributed by atoms with van der Waals surface area (Å²) in [6.07, 6.45) is 3.45. The van der Waals surface area contributed by atoms with Crippen molar-refractivity contribution in [3.8, 4) is 0 Å². The lowest BCUT2D eigenvalue weighted by molar-refractivity contribution is -0.125. The van der Waals surface area contributed by atoms with Crippen molar-refractivity contribution in [2.24, 2.45) is 5.92 Å². The molecule has 2 rings (SSSR count). The van der Waals surface area contributed by atoms with Crippen LogP contribution in [0.4, 0.5) is 0 Å². The molecule has 2 aromatic rings. The van der Waals surface area contributed by atoms with Gasteiger partial charge in [0.15, 0.2) is 0 Å². The normalized spacial score (nSPS) is 11.9. The van der Waals surface area contributed by atoms with Crippen LogP contribution in [-0.2, 0) is 17.9 Å². The third-order valence-electron chi connectivity index (χ3n) is 2.78. The van der Waals surface area contributed by atoms with Gasteiger partial charge in [0.05, 0.1) is 19.0 Å². The van der Waals surface area contributed by atoms with Crippen molar-refractivity contribution in [1.29, 1.82) is 0 Å². The fourth-order valence-electron chi connectivity index (χ4n) is 1.64. The predicted octanol–water partition coefficient (Wildman–Crippen LogP) is -0.422. The molecule has 0 saturated carbocycles. The van der Waals surface area contributed by atoms with Gasteiger partial charge in [-0.1, -0.05) is 12.1 Å². The van der Waals surface area contributed by atoms with Crippen molar-refractivity contribution < 1.29 is 14.1 Å². The molecule has 112 valence electrons. The van der Waals surface area contributed by atoms with Crippen LogP contribution in [0.15, 0.2) is 23.0 Å². The van der Waals surface area contributed by atoms with Crippen LogP contribution in [0.5, 0.6) is 0 Å². The number of nitrogens with one attached hydrogen (secondary N) is 2. The van der Waals surface area contributed by atoms with E-state index < -0.39 is 5.91 Å². The molecular weight excluding hydrogens is 276 g/mol. The maximum absolute atomic E-state index is 11.9. The Morgan fingerprint density at radius 3 is 2.95 bits per heavy atom. The zero-order valence-electron chi connectivity index (χ0n) is 11.7. The van der Waals surface area contributed by atoms with Crippen molar-refractivity contribution in [2.45, 2.75) is 20.0 Å². The Balaban J connectivity index is 1.83. The number of rotatable bonds is 6. The van der Waals surface area contributed by atoms with Crippen LogP contribution in [0.25, 0.3) is 0 Å². The van der Waals surface area contributed by atoms with E-state index in [1.165, 1.54) is 7.05 Å². The standard InChI is InChI=1S/C12H16N6O3/c1-8(7-18-5-3-4-15-18)11(19)14-6-9-16-10(17-21-9)12(20)13-2/h3-5,8H,6-7H2,1-2H3,(H,13,20)(H,14,19)/t8-/m0/s1. The zero-order valence-corrected chi connectivity index (χ0v) is 11.7. The molecule has 2 N–H and O–H groups in total. The molecule has 1 atom stereocenters. The van der Waals surface area contributed by atoms with Crippen molar-refractivity contribution >= 4 is 11.8 Å². The second-order valence-electron chi connectivity index (χ2n) is 4.44. The summed E-state index contributed by atoms with van der Waals surface area (Å²) in [4.78, 5) is 27.0. The monoisotopic (exact) mass is 292 g/mol. The van der Waals surface area contributed by atoms with E-state index in [0.717, 1.165) is 0 Å². The van der Waals surface area contributed by atoms with Crippen LogP contribution in [0.2, 0.25) is 0 Å². The van der Waals surface area contributed by atoms with E-state index in [2.05, 4.69) is 25.9 Å². The van der Waals surface area contributed by atoms with Crippen molar-refractivity contribution in [3.05, 3.63) is 30.2 Å². The Kier molecular flexibility index (Phi) is 4.64. The Morgan fingerprint density at radius 1 is 1.48 bits per heavy atom. The average Bonchev–Trinajstić information content (AvgIpc) is 3.15. The first-order valence-corrected chi connectivity index (χ1v) is 6.40. The molecule has 0 aliphatic rings. The number of hydrogen-bond acceptors (Lipinski definition) is 6. The molecule has 0 spiro atoms. The smallest absolute Gasteiger partial charge is 0.292 e. The summed E-state index contributed by atoms with van der Waals surface area (Å²) >= 11 is 0. The molecule has 0 unspecified atom stereocenters. The van der Waals surface area contributed by atoms with Crippen LogP contribution < -0.4 is 10.6 Å². The van der Waals surface area contributed by atoms with E-state index in [-0.39, 0.29) is 30.1 Å². The first kappa shape index (κ1) is 14.7. The van der Waals surface area contributed by atoms with E-state index in [9.17, 15) is 9.59 Å². The molecule has 0 radical (unpaired) electrons. The van der Waals surface area contributed by atoms with Gasteiger partial charge >= 0.3 is 0 Å². The van der Waals surface area contributed by atoms with Gasteiger partial charge in [-0.25, -0.2) is 0 Å². The highest BCUT2D eigenvalue weighted by Crippen LogP contribution is 2.02. The fourth-order valence-corrected chi connectivity index (χ4v) is 1.64. The van der Waals surface area contributed by atoms with Crippen LogP contribution in [0.3, 0.4) is 0 Å². The Bertz CT molecular complexity index is 606. The maximum atomic E-state index is 11.9. The summed E-state index contributed by atoms with van der Waals surface area (Å²) in [6, 6.07) is 1.80. The summed E-state index contributed by atoms with van der Waals surface area (Å²) in [5.74, 6) is -0.751. The Hall–Kier alpha value is -2.71. The largest absolute Gasteiger partial charge is 0.352 e. The predicted molar refractivity (Wildman–Crippen MR) is 70.9 cm³/mol. The van der Waals surface area contributed by atoms with E-state index in [0.29, 0.717) is 6.54 Å². The summed E-state index contributed by atoms with van der Waals surface area (Å²) < 4.78 is 6.55. The number of nitrogens with zero attached hydrogens (tertiary/aromatic N) is 4. The molecule has 2 heterocycles. The van der Waals surface area contributed by atoms with Gasteiger partial charge in [-0.15, -0.1) is 0 Å². The molecule has 0 aromatic carbocycles. The third-order valence-corrected chi connectivity index (χ3v) is 2.78. The summed E-state index contributed by atoms with van der Waals surface area (Å²) in [5.41, 5.74) is 0. The van der Waals surface area contributed by atoms with Crippen molar-refractivity contribution in [3.63, 3.8) is 0 Å². The molecule has 0 fully saturated rings. The lowest BCUT2D eigenvalue weighted by atomic mass is 10.1. The van der Waals surface area contributed by atoms with Crippen LogP contribution in [0.1, 0.15) is 23.4 Å². The second-order valence-corrected chi connectivity index (χ2v) is 4.44. The van der Waals surface area contributed by atoms with Gasteiger partial charge in [0.1, 0.15) is 0 Å². The Morgan fingerprint density at radius 2 is 2.29 bits per heavy atom.